The first-order chi connectivity index (χ1) is 16.9. The number of hydrogen-bond acceptors (Lipinski definition) is 5. The van der Waals surface area contributed by atoms with E-state index in [0.29, 0.717) is 37.7 Å². The van der Waals surface area contributed by atoms with Crippen molar-refractivity contribution in [2.24, 2.45) is 5.92 Å². The zero-order valence-corrected chi connectivity index (χ0v) is 21.4. The van der Waals surface area contributed by atoms with Gasteiger partial charge in [0.2, 0.25) is 15.9 Å². The molecule has 190 valence electrons. The van der Waals surface area contributed by atoms with Gasteiger partial charge in [-0.1, -0.05) is 48.5 Å². The highest BCUT2D eigenvalue weighted by Crippen LogP contribution is 2.26. The summed E-state index contributed by atoms with van der Waals surface area (Å²) in [6, 6.07) is 18.8. The topological polar surface area (TPSA) is 70.2 Å². The zero-order chi connectivity index (χ0) is 24.7. The summed E-state index contributed by atoms with van der Waals surface area (Å²) in [6.07, 6.45) is 2.63. The number of amides is 1. The molecule has 0 bridgehead atoms. The van der Waals surface area contributed by atoms with Gasteiger partial charge in [-0.2, -0.15) is 0 Å². The molecular weight excluding hydrogens is 462 g/mol. The van der Waals surface area contributed by atoms with Crippen LogP contribution in [0.25, 0.3) is 0 Å². The third-order valence-electron chi connectivity index (χ3n) is 7.25. The first kappa shape index (κ1) is 25.8. The van der Waals surface area contributed by atoms with Gasteiger partial charge in [-0.3, -0.25) is 4.79 Å². The van der Waals surface area contributed by atoms with Crippen molar-refractivity contribution in [3.63, 3.8) is 0 Å². The normalized spacial score (nSPS) is 19.1. The fraction of sp³-hybridized carbons (Fsp3) is 0.519. The van der Waals surface area contributed by atoms with Crippen LogP contribution < -0.4 is 0 Å². The van der Waals surface area contributed by atoms with Crippen LogP contribution in [0.3, 0.4) is 0 Å². The molecular formula is C27H37N3O4S. The van der Waals surface area contributed by atoms with Crippen molar-refractivity contribution in [3.8, 4) is 0 Å². The molecule has 7 nitrogen and oxygen atoms in total. The van der Waals surface area contributed by atoms with Crippen LogP contribution in [0.15, 0.2) is 65.6 Å². The number of carbonyl (C=O) groups excluding carboxylic acids is 1. The second kappa shape index (κ2) is 12.1. The Morgan fingerprint density at radius 3 is 2.20 bits per heavy atom. The molecule has 0 radical (unpaired) electrons. The zero-order valence-electron chi connectivity index (χ0n) is 20.6. The van der Waals surface area contributed by atoms with Gasteiger partial charge in [-0.25, -0.2) is 12.7 Å². The third-order valence-corrected chi connectivity index (χ3v) is 9.09. The minimum Gasteiger partial charge on any atom is -0.378 e. The molecule has 1 atom stereocenters. The van der Waals surface area contributed by atoms with Crippen molar-refractivity contribution < 1.29 is 17.9 Å². The van der Waals surface area contributed by atoms with E-state index in [1.807, 2.05) is 29.2 Å². The summed E-state index contributed by atoms with van der Waals surface area (Å²) in [7, 11) is -1.88. The van der Waals surface area contributed by atoms with Crippen LogP contribution in [0.5, 0.6) is 0 Å². The molecule has 0 N–H and O–H groups in total. The number of morpholine rings is 1. The number of piperidine rings is 1. The maximum Gasteiger partial charge on any atom is 0.242 e. The van der Waals surface area contributed by atoms with Gasteiger partial charge in [-0.15, -0.1) is 0 Å². The molecule has 1 unspecified atom stereocenters. The highest BCUT2D eigenvalue weighted by Gasteiger charge is 2.30. The van der Waals surface area contributed by atoms with Crippen molar-refractivity contribution in [1.29, 1.82) is 0 Å². The highest BCUT2D eigenvalue weighted by atomic mass is 32.2. The van der Waals surface area contributed by atoms with Crippen molar-refractivity contribution in [2.45, 2.75) is 30.1 Å². The number of nitrogens with zero attached hydrogens (tertiary/aromatic N) is 3. The Bertz CT molecular complexity index is 1030. The first-order valence-electron chi connectivity index (χ1n) is 12.6. The number of rotatable bonds is 9. The molecule has 0 aliphatic carbocycles. The average Bonchev–Trinajstić information content (AvgIpc) is 2.92. The molecule has 2 aromatic rings. The highest BCUT2D eigenvalue weighted by molar-refractivity contribution is 7.89. The summed E-state index contributed by atoms with van der Waals surface area (Å²) in [4.78, 5) is 17.5. The van der Waals surface area contributed by atoms with Gasteiger partial charge in [0.05, 0.1) is 18.1 Å². The Balaban J connectivity index is 1.34. The minimum atomic E-state index is -3.54. The van der Waals surface area contributed by atoms with Crippen LogP contribution in [0, 0.1) is 5.92 Å². The number of likely N-dealkylation sites (tertiary alicyclic amines) is 1. The fourth-order valence-electron chi connectivity index (χ4n) is 5.05. The van der Waals surface area contributed by atoms with Gasteiger partial charge >= 0.3 is 0 Å². The Kier molecular flexibility index (Phi) is 8.94. The third kappa shape index (κ3) is 6.70. The standard InChI is InChI=1S/C27H37N3O4S/c1-28(35(32,33)26-10-6-3-7-11-26)22-25(23-8-4-2-5-9-23)14-17-29-15-12-24(13-16-29)27(31)30-18-20-34-21-19-30/h2-11,24-25H,12-22H2,1H3. The van der Waals surface area contributed by atoms with Crippen molar-refractivity contribution >= 4 is 15.9 Å². The van der Waals surface area contributed by atoms with E-state index in [2.05, 4.69) is 17.0 Å². The van der Waals surface area contributed by atoms with Crippen LogP contribution in [0.2, 0.25) is 0 Å². The van der Waals surface area contributed by atoms with Gasteiger partial charge < -0.3 is 14.5 Å². The lowest BCUT2D eigenvalue weighted by Crippen LogP contribution is -2.47. The van der Waals surface area contributed by atoms with Gasteiger partial charge in [0.1, 0.15) is 0 Å². The summed E-state index contributed by atoms with van der Waals surface area (Å²) in [5.74, 6) is 0.478. The molecule has 0 spiro atoms. The Labute approximate surface area is 209 Å². The van der Waals surface area contributed by atoms with Gasteiger partial charge in [0.25, 0.3) is 0 Å². The first-order valence-corrected chi connectivity index (χ1v) is 14.0. The molecule has 2 aliphatic heterocycles. The van der Waals surface area contributed by atoms with Gasteiger partial charge in [0, 0.05) is 32.6 Å². The molecule has 35 heavy (non-hydrogen) atoms. The molecule has 1 amide bonds. The van der Waals surface area contributed by atoms with Gasteiger partial charge in [0.15, 0.2) is 0 Å². The molecule has 2 heterocycles. The summed E-state index contributed by atoms with van der Waals surface area (Å²) in [5, 5.41) is 0. The van der Waals surface area contributed by atoms with Crippen LogP contribution in [0.1, 0.15) is 30.7 Å². The monoisotopic (exact) mass is 499 g/mol. The quantitative estimate of drug-likeness (QED) is 0.531. The van der Waals surface area contributed by atoms with E-state index in [0.717, 1.165) is 44.5 Å². The number of hydrogen-bond donors (Lipinski definition) is 0. The number of sulfonamides is 1. The Morgan fingerprint density at radius 1 is 0.971 bits per heavy atom. The van der Waals surface area contributed by atoms with E-state index < -0.39 is 10.0 Å². The molecule has 2 aromatic carbocycles. The lowest BCUT2D eigenvalue weighted by Gasteiger charge is -2.36. The SMILES string of the molecule is CN(CC(CCN1CCC(C(=O)N2CCOCC2)CC1)c1ccccc1)S(=O)(=O)c1ccccc1. The number of benzene rings is 2. The second-order valence-electron chi connectivity index (χ2n) is 9.55. The van der Waals surface area contributed by atoms with E-state index in [1.165, 1.54) is 4.31 Å². The lowest BCUT2D eigenvalue weighted by atomic mass is 9.92. The number of carbonyl (C=O) groups is 1. The molecule has 0 saturated carbocycles. The molecule has 2 aliphatic rings. The predicted molar refractivity (Wildman–Crippen MR) is 137 cm³/mol. The van der Waals surface area contributed by atoms with E-state index in [4.69, 9.17) is 4.74 Å². The van der Waals surface area contributed by atoms with E-state index in [9.17, 15) is 13.2 Å². The predicted octanol–water partition coefficient (Wildman–Crippen LogP) is 3.05. The summed E-state index contributed by atoms with van der Waals surface area (Å²) >= 11 is 0. The van der Waals surface area contributed by atoms with E-state index in [1.54, 1.807) is 31.3 Å². The van der Waals surface area contributed by atoms with Gasteiger partial charge in [-0.05, 0) is 62.5 Å². The second-order valence-corrected chi connectivity index (χ2v) is 11.6. The average molecular weight is 500 g/mol. The molecule has 8 heteroatoms. The summed E-state index contributed by atoms with van der Waals surface area (Å²) in [5.41, 5.74) is 1.15. The van der Waals surface area contributed by atoms with Crippen LogP contribution in [-0.2, 0) is 19.6 Å². The smallest absolute Gasteiger partial charge is 0.242 e. The van der Waals surface area contributed by atoms with Crippen LogP contribution >= 0.6 is 0 Å². The molecule has 4 rings (SSSR count). The van der Waals surface area contributed by atoms with Crippen LogP contribution in [-0.4, -0.2) is 88.0 Å². The van der Waals surface area contributed by atoms with E-state index in [-0.39, 0.29) is 17.7 Å². The maximum absolute atomic E-state index is 13.1. The van der Waals surface area contributed by atoms with Crippen molar-refractivity contribution in [1.82, 2.24) is 14.1 Å². The fourth-order valence-corrected chi connectivity index (χ4v) is 6.29. The van der Waals surface area contributed by atoms with E-state index >= 15 is 0 Å². The van der Waals surface area contributed by atoms with Crippen molar-refractivity contribution in [2.75, 3.05) is 59.5 Å². The molecule has 0 aromatic heterocycles. The number of likely N-dealkylation sites (N-methyl/N-ethyl adjacent to an activating group) is 1. The molecule has 2 saturated heterocycles. The largest absolute Gasteiger partial charge is 0.378 e. The Morgan fingerprint density at radius 2 is 1.57 bits per heavy atom. The lowest BCUT2D eigenvalue weighted by molar-refractivity contribution is -0.141. The number of ether oxygens (including phenoxy) is 1. The molecule has 2 fully saturated rings. The van der Waals surface area contributed by atoms with Crippen molar-refractivity contribution in [3.05, 3.63) is 66.2 Å². The summed E-state index contributed by atoms with van der Waals surface area (Å²) < 4.78 is 33.1. The Hall–Kier alpha value is -2.26. The maximum atomic E-state index is 13.1. The van der Waals surface area contributed by atoms with Crippen LogP contribution in [0.4, 0.5) is 0 Å². The summed E-state index contributed by atoms with van der Waals surface area (Å²) in [6.45, 7) is 5.81. The minimum absolute atomic E-state index is 0.0902.